The Morgan fingerprint density at radius 2 is 2.06 bits per heavy atom. The number of nitrogens with zero attached hydrogens (tertiary/aromatic N) is 2. The molecule has 3 aromatic heterocycles. The van der Waals surface area contributed by atoms with Crippen molar-refractivity contribution in [1.29, 1.82) is 0 Å². The first-order chi connectivity index (χ1) is 15.0. The summed E-state index contributed by atoms with van der Waals surface area (Å²) in [5.74, 6) is 0.838. The quantitative estimate of drug-likeness (QED) is 0.395. The maximum Gasteiger partial charge on any atom is 0.116 e. The number of nitrogens with two attached hydrogens (primary N) is 1. The second-order valence-electron chi connectivity index (χ2n) is 7.12. The Kier molecular flexibility index (Phi) is 7.21. The van der Waals surface area contributed by atoms with Gasteiger partial charge in [-0.3, -0.25) is 4.98 Å². The number of aromatic nitrogens is 3. The molecule has 0 spiro atoms. The van der Waals surface area contributed by atoms with Gasteiger partial charge in [0.05, 0.1) is 10.4 Å². The van der Waals surface area contributed by atoms with Crippen LogP contribution in [0.3, 0.4) is 0 Å². The van der Waals surface area contributed by atoms with Crippen molar-refractivity contribution in [3.8, 4) is 10.6 Å². The number of nitrogens with one attached hydrogen (secondary N) is 1. The lowest BCUT2D eigenvalue weighted by Gasteiger charge is -2.11. The second-order valence-corrected chi connectivity index (χ2v) is 8.07. The molecule has 0 saturated heterocycles. The van der Waals surface area contributed by atoms with Crippen LogP contribution in [0.4, 0.5) is 0 Å². The fraction of sp³-hybridized carbons (Fsp3) is 0.154. The lowest BCUT2D eigenvalue weighted by atomic mass is 9.96. The molecule has 0 aliphatic carbocycles. The highest BCUT2D eigenvalue weighted by molar-refractivity contribution is 7.13. The molecule has 0 fully saturated rings. The van der Waals surface area contributed by atoms with Crippen LogP contribution in [-0.4, -0.2) is 15.0 Å². The van der Waals surface area contributed by atoms with Gasteiger partial charge in [-0.2, -0.15) is 0 Å². The Balaban J connectivity index is 1.99. The summed E-state index contributed by atoms with van der Waals surface area (Å²) in [6.45, 7) is 14.1. The highest BCUT2D eigenvalue weighted by Crippen LogP contribution is 2.29. The third kappa shape index (κ3) is 5.01. The van der Waals surface area contributed by atoms with Crippen LogP contribution >= 0.6 is 11.3 Å². The van der Waals surface area contributed by atoms with Crippen molar-refractivity contribution in [3.63, 3.8) is 0 Å². The minimum Gasteiger partial charge on any atom is -0.399 e. The number of hydrogen-bond donors (Lipinski definition) is 2. The van der Waals surface area contributed by atoms with Crippen LogP contribution in [0.1, 0.15) is 26.6 Å². The summed E-state index contributed by atoms with van der Waals surface area (Å²) in [5, 5.41) is 2.05. The van der Waals surface area contributed by atoms with Gasteiger partial charge in [-0.05, 0) is 66.7 Å². The molecule has 0 saturated carbocycles. The van der Waals surface area contributed by atoms with Crippen LogP contribution in [-0.2, 0) is 6.42 Å². The zero-order valence-corrected chi connectivity index (χ0v) is 19.1. The van der Waals surface area contributed by atoms with Gasteiger partial charge in [-0.25, -0.2) is 4.98 Å². The lowest BCUT2D eigenvalue weighted by Crippen LogP contribution is -2.06. The van der Waals surface area contributed by atoms with E-state index in [0.29, 0.717) is 12.1 Å². The van der Waals surface area contributed by atoms with E-state index in [1.165, 1.54) is 0 Å². The summed E-state index contributed by atoms with van der Waals surface area (Å²) >= 11 is 1.66. The maximum atomic E-state index is 6.34. The number of imidazole rings is 1. The van der Waals surface area contributed by atoms with Crippen LogP contribution in [0.25, 0.3) is 21.6 Å². The summed E-state index contributed by atoms with van der Waals surface area (Å²) in [4.78, 5) is 13.9. The van der Waals surface area contributed by atoms with Crippen LogP contribution in [0, 0.1) is 0 Å². The van der Waals surface area contributed by atoms with E-state index in [0.717, 1.165) is 49.7 Å². The highest BCUT2D eigenvalue weighted by Gasteiger charge is 2.14. The minimum atomic E-state index is 0.564. The third-order valence-corrected chi connectivity index (χ3v) is 5.90. The Bertz CT molecular complexity index is 1220. The molecule has 0 unspecified atom stereocenters. The predicted octanol–water partition coefficient (Wildman–Crippen LogP) is 6.65. The number of fused-ring (bicyclic) bond motifs is 1. The van der Waals surface area contributed by atoms with Crippen molar-refractivity contribution in [1.82, 2.24) is 15.0 Å². The Morgan fingerprint density at radius 1 is 1.26 bits per heavy atom. The summed E-state index contributed by atoms with van der Waals surface area (Å²) < 4.78 is 0. The smallest absolute Gasteiger partial charge is 0.116 e. The molecule has 3 N–H and O–H groups in total. The largest absolute Gasteiger partial charge is 0.399 e. The first-order valence-corrected chi connectivity index (χ1v) is 11.0. The Labute approximate surface area is 188 Å². The number of aromatic amines is 1. The van der Waals surface area contributed by atoms with E-state index >= 15 is 0 Å². The molecule has 158 valence electrons. The predicted molar refractivity (Wildman–Crippen MR) is 134 cm³/mol. The molecule has 0 aromatic carbocycles. The van der Waals surface area contributed by atoms with E-state index in [-0.39, 0.29) is 0 Å². The van der Waals surface area contributed by atoms with Gasteiger partial charge < -0.3 is 10.7 Å². The summed E-state index contributed by atoms with van der Waals surface area (Å²) in [5.41, 5.74) is 13.8. The van der Waals surface area contributed by atoms with E-state index in [9.17, 15) is 0 Å². The van der Waals surface area contributed by atoms with E-state index in [4.69, 9.17) is 10.7 Å². The third-order valence-electron chi connectivity index (χ3n) is 5.02. The number of allylic oxidation sites excluding steroid dienone is 9. The topological polar surface area (TPSA) is 67.6 Å². The normalized spacial score (nSPS) is 13.6. The molecule has 0 aliphatic heterocycles. The van der Waals surface area contributed by atoms with Gasteiger partial charge in [0, 0.05) is 18.3 Å². The van der Waals surface area contributed by atoms with Crippen molar-refractivity contribution < 1.29 is 0 Å². The molecular formula is C26H28N4S. The van der Waals surface area contributed by atoms with Gasteiger partial charge in [0.2, 0.25) is 0 Å². The van der Waals surface area contributed by atoms with E-state index < -0.39 is 0 Å². The number of pyridine rings is 1. The van der Waals surface area contributed by atoms with Crippen LogP contribution < -0.4 is 5.73 Å². The van der Waals surface area contributed by atoms with Crippen LogP contribution in [0.15, 0.2) is 101 Å². The van der Waals surface area contributed by atoms with Gasteiger partial charge in [0.15, 0.2) is 0 Å². The van der Waals surface area contributed by atoms with E-state index in [1.807, 2.05) is 62.7 Å². The van der Waals surface area contributed by atoms with Crippen molar-refractivity contribution in [2.45, 2.75) is 27.2 Å². The van der Waals surface area contributed by atoms with Gasteiger partial charge in [-0.15, -0.1) is 11.3 Å². The number of rotatable bonds is 8. The van der Waals surface area contributed by atoms with Gasteiger partial charge in [0.1, 0.15) is 17.0 Å². The average molecular weight is 429 g/mol. The molecule has 3 rings (SSSR count). The standard InChI is InChI=1S/C26H28N4S/c1-6-10-17(4)20(7-2)18(5)15-19(21(27)8-3)16-24-29-22-12-13-28-26(25(22)30-24)23-11-9-14-31-23/h6-15H,1,5,16,27H2,2-4H3,(H,29,30)/b17-10-,19-15-,20-7+,21-8+. The zero-order valence-electron chi connectivity index (χ0n) is 18.3. The number of H-pyrrole nitrogens is 1. The molecule has 4 nitrogen and oxygen atoms in total. The average Bonchev–Trinajstić information content (AvgIpc) is 3.42. The SMILES string of the molecule is C=C/C=C(C)\C(=C/C)C(=C)/C=C(Cc1nc2c(-c3cccs3)nccc2[nH]1)\C(N)=C/C. The van der Waals surface area contributed by atoms with Crippen LogP contribution in [0.2, 0.25) is 0 Å². The highest BCUT2D eigenvalue weighted by atomic mass is 32.1. The molecular weight excluding hydrogens is 400 g/mol. The molecule has 3 aromatic rings. The van der Waals surface area contributed by atoms with Crippen LogP contribution in [0.5, 0.6) is 0 Å². The minimum absolute atomic E-state index is 0.564. The maximum absolute atomic E-state index is 6.34. The Hall–Kier alpha value is -3.44. The van der Waals surface area contributed by atoms with Crippen molar-refractivity contribution in [2.24, 2.45) is 5.73 Å². The molecule has 0 aliphatic rings. The Morgan fingerprint density at radius 3 is 2.71 bits per heavy atom. The van der Waals surface area contributed by atoms with Gasteiger partial charge in [0.25, 0.3) is 0 Å². The second kappa shape index (κ2) is 10.0. The van der Waals surface area contributed by atoms with E-state index in [2.05, 4.69) is 35.3 Å². The first kappa shape index (κ1) is 22.2. The molecule has 3 heterocycles. The monoisotopic (exact) mass is 428 g/mol. The molecule has 0 amide bonds. The summed E-state index contributed by atoms with van der Waals surface area (Å²) in [6.07, 6.45) is 12.1. The number of hydrogen-bond acceptors (Lipinski definition) is 4. The lowest BCUT2D eigenvalue weighted by molar-refractivity contribution is 1.01. The van der Waals surface area contributed by atoms with Gasteiger partial charge in [-0.1, -0.05) is 43.5 Å². The molecule has 0 atom stereocenters. The summed E-state index contributed by atoms with van der Waals surface area (Å²) in [7, 11) is 0. The molecule has 5 heteroatoms. The molecule has 0 radical (unpaired) electrons. The fourth-order valence-electron chi connectivity index (χ4n) is 3.49. The molecule has 31 heavy (non-hydrogen) atoms. The van der Waals surface area contributed by atoms with Crippen molar-refractivity contribution in [3.05, 3.63) is 107 Å². The van der Waals surface area contributed by atoms with Crippen molar-refractivity contribution >= 4 is 22.4 Å². The van der Waals surface area contributed by atoms with Crippen molar-refractivity contribution in [2.75, 3.05) is 0 Å². The first-order valence-electron chi connectivity index (χ1n) is 10.1. The fourth-order valence-corrected chi connectivity index (χ4v) is 4.21. The summed E-state index contributed by atoms with van der Waals surface area (Å²) in [6, 6.07) is 6.03. The zero-order chi connectivity index (χ0) is 22.4. The molecule has 0 bridgehead atoms. The van der Waals surface area contributed by atoms with Gasteiger partial charge >= 0.3 is 0 Å². The van der Waals surface area contributed by atoms with E-state index in [1.54, 1.807) is 17.4 Å². The number of thiophene rings is 1.